The molecule has 37 heavy (non-hydrogen) atoms. The molecule has 0 amide bonds. The van der Waals surface area contributed by atoms with Crippen LogP contribution >= 0.6 is 0 Å². The van der Waals surface area contributed by atoms with Crippen molar-refractivity contribution in [1.82, 2.24) is 0 Å². The molecular weight excluding hydrogens is 488 g/mol. The van der Waals surface area contributed by atoms with Gasteiger partial charge in [0.2, 0.25) is 0 Å². The van der Waals surface area contributed by atoms with Crippen LogP contribution in [0.1, 0.15) is 43.6 Å². The van der Waals surface area contributed by atoms with Crippen molar-refractivity contribution in [2.24, 2.45) is 0 Å². The summed E-state index contributed by atoms with van der Waals surface area (Å²) >= 11 is 0. The minimum absolute atomic E-state index is 0.0829. The van der Waals surface area contributed by atoms with Crippen LogP contribution < -0.4 is 0 Å². The van der Waals surface area contributed by atoms with Gasteiger partial charge in [0.1, 0.15) is 43.2 Å². The second-order valence-corrected chi connectivity index (χ2v) is 10.3. The summed E-state index contributed by atoms with van der Waals surface area (Å²) in [5, 5.41) is 9.08. The van der Waals surface area contributed by atoms with Gasteiger partial charge in [-0.15, -0.1) is 0 Å². The van der Waals surface area contributed by atoms with Crippen molar-refractivity contribution in [3.05, 3.63) is 35.4 Å². The van der Waals surface area contributed by atoms with E-state index >= 15 is 0 Å². The van der Waals surface area contributed by atoms with Gasteiger partial charge in [0.25, 0.3) is 0 Å². The summed E-state index contributed by atoms with van der Waals surface area (Å²) in [4.78, 5) is 12.1. The van der Waals surface area contributed by atoms with Gasteiger partial charge >= 0.3 is 5.97 Å². The first kappa shape index (κ1) is 28.3. The van der Waals surface area contributed by atoms with E-state index in [4.69, 9.17) is 47.7 Å². The number of hydrogen-bond acceptors (Lipinski definition) is 11. The SMILES string of the molecule is CO[C@@H]1O[C@H](CO)[C@H]2OC(C)(C)O[C@@H]12.CO[C@@H]1O[C@H](COC(=O)c2ccc(C)cc2)[C@H]2OC(C)(C)O[C@@H]12. The Kier molecular flexibility index (Phi) is 8.59. The maximum Gasteiger partial charge on any atom is 0.338 e. The van der Waals surface area contributed by atoms with Crippen molar-refractivity contribution in [2.45, 2.75) is 95.4 Å². The van der Waals surface area contributed by atoms with Crippen LogP contribution in [0, 0.1) is 6.92 Å². The lowest BCUT2D eigenvalue weighted by Crippen LogP contribution is -2.33. The number of benzene rings is 1. The number of aliphatic hydroxyl groups excluding tert-OH is 1. The van der Waals surface area contributed by atoms with Crippen LogP contribution in [-0.2, 0) is 42.6 Å². The van der Waals surface area contributed by atoms with E-state index in [1.54, 1.807) is 26.4 Å². The molecule has 0 bridgehead atoms. The molecule has 4 heterocycles. The van der Waals surface area contributed by atoms with Gasteiger partial charge in [-0.3, -0.25) is 0 Å². The molecule has 5 rings (SSSR count). The Morgan fingerprint density at radius 3 is 1.76 bits per heavy atom. The van der Waals surface area contributed by atoms with Crippen LogP contribution in [0.2, 0.25) is 0 Å². The van der Waals surface area contributed by atoms with Gasteiger partial charge in [0.15, 0.2) is 24.2 Å². The fourth-order valence-corrected chi connectivity index (χ4v) is 4.88. The number of rotatable bonds is 6. The van der Waals surface area contributed by atoms with Gasteiger partial charge < -0.3 is 47.7 Å². The van der Waals surface area contributed by atoms with E-state index in [9.17, 15) is 4.79 Å². The summed E-state index contributed by atoms with van der Waals surface area (Å²) in [6, 6.07) is 7.23. The molecular formula is C26H38O11. The number of carbonyl (C=O) groups excluding carboxylic acids is 1. The molecule has 11 nitrogen and oxygen atoms in total. The predicted octanol–water partition coefficient (Wildman–Crippen LogP) is 1.91. The van der Waals surface area contributed by atoms with Crippen molar-refractivity contribution in [2.75, 3.05) is 27.4 Å². The van der Waals surface area contributed by atoms with Crippen LogP contribution in [0.5, 0.6) is 0 Å². The number of esters is 1. The van der Waals surface area contributed by atoms with Crippen molar-refractivity contribution in [3.63, 3.8) is 0 Å². The second-order valence-electron chi connectivity index (χ2n) is 10.3. The number of ether oxygens (including phenoxy) is 9. The van der Waals surface area contributed by atoms with Crippen molar-refractivity contribution in [1.29, 1.82) is 0 Å². The number of fused-ring (bicyclic) bond motifs is 2. The van der Waals surface area contributed by atoms with E-state index in [-0.39, 0.29) is 49.7 Å². The van der Waals surface area contributed by atoms with E-state index in [0.29, 0.717) is 5.56 Å². The van der Waals surface area contributed by atoms with Crippen LogP contribution in [0.4, 0.5) is 0 Å². The van der Waals surface area contributed by atoms with Gasteiger partial charge in [-0.1, -0.05) is 17.7 Å². The standard InChI is InChI=1S/C17H22O6.C9H16O5/c1-10-5-7-11(8-6-10)15(18)20-9-12-13-14(16(19-4)21-12)23-17(2,3)22-13;1-9(2)13-6-5(4-10)12-8(11-3)7(6)14-9/h5-8,12-14,16H,9H2,1-4H3;5-8,10H,4H2,1-3H3/t12-,13-,14-,16-;5-,6-,7-,8-/m11/s1. The third-order valence-corrected chi connectivity index (χ3v) is 6.52. The molecule has 208 valence electrons. The van der Waals surface area contributed by atoms with Crippen molar-refractivity contribution in [3.8, 4) is 0 Å². The summed E-state index contributed by atoms with van der Waals surface area (Å²) in [5.74, 6) is -1.71. The van der Waals surface area contributed by atoms with Crippen LogP contribution in [0.15, 0.2) is 24.3 Å². The molecule has 0 radical (unpaired) electrons. The molecule has 0 unspecified atom stereocenters. The minimum atomic E-state index is -0.699. The van der Waals surface area contributed by atoms with E-state index in [0.717, 1.165) is 5.56 Å². The fourth-order valence-electron chi connectivity index (χ4n) is 4.88. The number of aliphatic hydroxyl groups is 1. The topological polar surface area (TPSA) is 120 Å². The summed E-state index contributed by atoms with van der Waals surface area (Å²) in [6.45, 7) is 9.33. The normalized spacial score (nSPS) is 37.0. The number of carbonyl (C=O) groups is 1. The van der Waals surface area contributed by atoms with Crippen LogP contribution in [0.3, 0.4) is 0 Å². The van der Waals surface area contributed by atoms with E-state index < -0.39 is 30.3 Å². The summed E-state index contributed by atoms with van der Waals surface area (Å²) in [6.07, 6.45) is -2.86. The highest BCUT2D eigenvalue weighted by atomic mass is 16.8. The fraction of sp³-hybridized carbons (Fsp3) is 0.731. The first-order valence-electron chi connectivity index (χ1n) is 12.4. The molecule has 11 heteroatoms. The number of hydrogen-bond donors (Lipinski definition) is 1. The summed E-state index contributed by atoms with van der Waals surface area (Å²) in [5.41, 5.74) is 1.60. The first-order chi connectivity index (χ1) is 17.5. The lowest BCUT2D eigenvalue weighted by Gasteiger charge is -2.23. The molecule has 1 N–H and O–H groups in total. The van der Waals surface area contributed by atoms with E-state index in [1.807, 2.05) is 46.8 Å². The molecule has 4 aliphatic rings. The first-order valence-corrected chi connectivity index (χ1v) is 12.4. The molecule has 4 fully saturated rings. The lowest BCUT2D eigenvalue weighted by molar-refractivity contribution is -0.230. The maximum absolute atomic E-state index is 12.1. The van der Waals surface area contributed by atoms with Gasteiger partial charge in [-0.05, 0) is 46.8 Å². The quantitative estimate of drug-likeness (QED) is 0.547. The highest BCUT2D eigenvalue weighted by Crippen LogP contribution is 2.40. The second kappa shape index (κ2) is 11.2. The Hall–Kier alpha value is -1.67. The molecule has 1 aromatic carbocycles. The smallest absolute Gasteiger partial charge is 0.338 e. The molecule has 8 atom stereocenters. The minimum Gasteiger partial charge on any atom is -0.459 e. The van der Waals surface area contributed by atoms with Crippen molar-refractivity contribution >= 4 is 5.97 Å². The largest absolute Gasteiger partial charge is 0.459 e. The van der Waals surface area contributed by atoms with Crippen LogP contribution in [0.25, 0.3) is 0 Å². The summed E-state index contributed by atoms with van der Waals surface area (Å²) in [7, 11) is 3.10. The van der Waals surface area contributed by atoms with E-state index in [2.05, 4.69) is 0 Å². The molecule has 0 aromatic heterocycles. The number of aryl methyl sites for hydroxylation is 1. The average molecular weight is 527 g/mol. The van der Waals surface area contributed by atoms with Crippen LogP contribution in [-0.4, -0.2) is 99.3 Å². The highest BCUT2D eigenvalue weighted by Gasteiger charge is 2.56. The Labute approximate surface area is 217 Å². The monoisotopic (exact) mass is 526 g/mol. The highest BCUT2D eigenvalue weighted by molar-refractivity contribution is 5.89. The Morgan fingerprint density at radius 1 is 0.811 bits per heavy atom. The Balaban J connectivity index is 0.000000195. The average Bonchev–Trinajstić information content (AvgIpc) is 3.54. The summed E-state index contributed by atoms with van der Waals surface area (Å²) < 4.78 is 49.8. The van der Waals surface area contributed by atoms with Crippen molar-refractivity contribution < 1.29 is 52.5 Å². The van der Waals surface area contributed by atoms with Gasteiger partial charge in [-0.2, -0.15) is 0 Å². The molecule has 0 spiro atoms. The Morgan fingerprint density at radius 2 is 1.27 bits per heavy atom. The van der Waals surface area contributed by atoms with Gasteiger partial charge in [0.05, 0.1) is 12.2 Å². The van der Waals surface area contributed by atoms with E-state index in [1.165, 1.54) is 0 Å². The maximum atomic E-state index is 12.1. The molecule has 4 saturated heterocycles. The molecule has 0 aliphatic carbocycles. The molecule has 0 saturated carbocycles. The Bertz CT molecular complexity index is 898. The zero-order valence-electron chi connectivity index (χ0n) is 22.4. The third-order valence-electron chi connectivity index (χ3n) is 6.52. The zero-order chi connectivity index (χ0) is 27.0. The van der Waals surface area contributed by atoms with Gasteiger partial charge in [0, 0.05) is 14.2 Å². The number of methoxy groups -OCH3 is 2. The zero-order valence-corrected chi connectivity index (χ0v) is 22.4. The molecule has 1 aromatic rings. The molecule has 4 aliphatic heterocycles. The third kappa shape index (κ3) is 6.32. The predicted molar refractivity (Wildman–Crippen MR) is 128 cm³/mol. The van der Waals surface area contributed by atoms with Gasteiger partial charge in [-0.25, -0.2) is 4.79 Å². The lowest BCUT2D eigenvalue weighted by atomic mass is 10.1.